The number of nitrogens with two attached hydrogens (primary N) is 1. The van der Waals surface area contributed by atoms with Crippen molar-refractivity contribution in [1.29, 1.82) is 0 Å². The Hall–Kier alpha value is -1.62. The first-order valence-corrected chi connectivity index (χ1v) is 6.35. The summed E-state index contributed by atoms with van der Waals surface area (Å²) in [5.41, 5.74) is 6.54. The maximum absolute atomic E-state index is 12.2. The molecule has 2 N–H and O–H groups in total. The van der Waals surface area contributed by atoms with Crippen LogP contribution in [0.4, 0.5) is 5.69 Å². The molecule has 0 aliphatic heterocycles. The Bertz CT molecular complexity index is 550. The highest BCUT2D eigenvalue weighted by atomic mass is 32.1. The van der Waals surface area contributed by atoms with Crippen molar-refractivity contribution in [3.8, 4) is 0 Å². The first kappa shape index (κ1) is 11.9. The Balaban J connectivity index is 2.42. The van der Waals surface area contributed by atoms with E-state index in [1.54, 1.807) is 18.1 Å². The standard InChI is InChI=1S/C12H15N3OS/c1-3-7-15(2)12(16)10-9(13)8-5-4-6-14-11(8)17-10/h4-6H,3,7,13H2,1-2H3. The van der Waals surface area contributed by atoms with Crippen LogP contribution in [0.1, 0.15) is 23.0 Å². The smallest absolute Gasteiger partial charge is 0.265 e. The summed E-state index contributed by atoms with van der Waals surface area (Å²) in [6.07, 6.45) is 2.65. The molecule has 0 aliphatic carbocycles. The zero-order valence-electron chi connectivity index (χ0n) is 9.93. The first-order chi connectivity index (χ1) is 8.15. The third-order valence-electron chi connectivity index (χ3n) is 2.60. The van der Waals surface area contributed by atoms with Crippen LogP contribution in [0, 0.1) is 0 Å². The van der Waals surface area contributed by atoms with Crippen molar-refractivity contribution in [3.05, 3.63) is 23.2 Å². The van der Waals surface area contributed by atoms with Crippen LogP contribution in [0.3, 0.4) is 0 Å². The lowest BCUT2D eigenvalue weighted by molar-refractivity contribution is 0.0801. The lowest BCUT2D eigenvalue weighted by Crippen LogP contribution is -2.27. The Morgan fingerprint density at radius 3 is 3.00 bits per heavy atom. The predicted molar refractivity (Wildman–Crippen MR) is 71.3 cm³/mol. The van der Waals surface area contributed by atoms with E-state index in [0.717, 1.165) is 23.2 Å². The average Bonchev–Trinajstić information content (AvgIpc) is 2.67. The second-order valence-electron chi connectivity index (χ2n) is 3.93. The van der Waals surface area contributed by atoms with Crippen molar-refractivity contribution in [2.45, 2.75) is 13.3 Å². The van der Waals surface area contributed by atoms with Crippen LogP contribution in [0.2, 0.25) is 0 Å². The van der Waals surface area contributed by atoms with E-state index >= 15 is 0 Å². The maximum Gasteiger partial charge on any atom is 0.265 e. The summed E-state index contributed by atoms with van der Waals surface area (Å²) in [5.74, 6) is -0.0210. The second-order valence-corrected chi connectivity index (χ2v) is 4.93. The van der Waals surface area contributed by atoms with Crippen molar-refractivity contribution in [2.24, 2.45) is 0 Å². The highest BCUT2D eigenvalue weighted by Gasteiger charge is 2.19. The van der Waals surface area contributed by atoms with E-state index in [1.807, 2.05) is 19.1 Å². The number of fused-ring (bicyclic) bond motifs is 1. The second kappa shape index (κ2) is 4.71. The van der Waals surface area contributed by atoms with E-state index < -0.39 is 0 Å². The van der Waals surface area contributed by atoms with Crippen LogP contribution in [-0.4, -0.2) is 29.4 Å². The zero-order valence-corrected chi connectivity index (χ0v) is 10.8. The quantitative estimate of drug-likeness (QED) is 0.908. The van der Waals surface area contributed by atoms with Gasteiger partial charge in [-0.3, -0.25) is 4.79 Å². The number of nitrogen functional groups attached to an aromatic ring is 1. The molecule has 0 unspecified atom stereocenters. The van der Waals surface area contributed by atoms with Gasteiger partial charge >= 0.3 is 0 Å². The van der Waals surface area contributed by atoms with Crippen molar-refractivity contribution in [2.75, 3.05) is 19.3 Å². The molecule has 0 bridgehead atoms. The molecular formula is C12H15N3OS. The summed E-state index contributed by atoms with van der Waals surface area (Å²) in [6, 6.07) is 3.72. The van der Waals surface area contributed by atoms with Crippen LogP contribution in [0.15, 0.2) is 18.3 Å². The number of thiophene rings is 1. The van der Waals surface area contributed by atoms with Gasteiger partial charge in [0.25, 0.3) is 5.91 Å². The van der Waals surface area contributed by atoms with Crippen molar-refractivity contribution in [1.82, 2.24) is 9.88 Å². The number of pyridine rings is 1. The Morgan fingerprint density at radius 2 is 2.35 bits per heavy atom. The number of hydrogen-bond acceptors (Lipinski definition) is 4. The number of rotatable bonds is 3. The molecule has 0 radical (unpaired) electrons. The van der Waals surface area contributed by atoms with E-state index in [-0.39, 0.29) is 5.91 Å². The van der Waals surface area contributed by atoms with Gasteiger partial charge < -0.3 is 10.6 Å². The molecule has 90 valence electrons. The summed E-state index contributed by atoms with van der Waals surface area (Å²) >= 11 is 1.36. The number of amides is 1. The Labute approximate surface area is 104 Å². The predicted octanol–water partition coefficient (Wildman–Crippen LogP) is 2.36. The van der Waals surface area contributed by atoms with Crippen LogP contribution >= 0.6 is 11.3 Å². The molecule has 2 rings (SSSR count). The molecule has 1 amide bonds. The third-order valence-corrected chi connectivity index (χ3v) is 3.72. The Morgan fingerprint density at radius 1 is 1.59 bits per heavy atom. The molecule has 0 aromatic carbocycles. The van der Waals surface area contributed by atoms with Gasteiger partial charge in [-0.15, -0.1) is 11.3 Å². The number of nitrogens with zero attached hydrogens (tertiary/aromatic N) is 2. The van der Waals surface area contributed by atoms with E-state index in [1.165, 1.54) is 11.3 Å². The lowest BCUT2D eigenvalue weighted by Gasteiger charge is -2.15. The van der Waals surface area contributed by atoms with Gasteiger partial charge in [-0.25, -0.2) is 4.98 Å². The van der Waals surface area contributed by atoms with Gasteiger partial charge in [0, 0.05) is 25.2 Å². The van der Waals surface area contributed by atoms with E-state index in [4.69, 9.17) is 5.73 Å². The molecule has 5 heteroatoms. The molecular weight excluding hydrogens is 234 g/mol. The number of hydrogen-bond donors (Lipinski definition) is 1. The molecule has 0 atom stereocenters. The number of carbonyl (C=O) groups is 1. The highest BCUT2D eigenvalue weighted by Crippen LogP contribution is 2.32. The fourth-order valence-corrected chi connectivity index (χ4v) is 2.78. The van der Waals surface area contributed by atoms with Crippen molar-refractivity contribution >= 4 is 33.1 Å². The largest absolute Gasteiger partial charge is 0.397 e. The van der Waals surface area contributed by atoms with Crippen molar-refractivity contribution < 1.29 is 4.79 Å². The van der Waals surface area contributed by atoms with Gasteiger partial charge in [0.2, 0.25) is 0 Å². The first-order valence-electron chi connectivity index (χ1n) is 5.53. The van der Waals surface area contributed by atoms with E-state index in [9.17, 15) is 4.79 Å². The molecule has 0 aliphatic rings. The minimum atomic E-state index is -0.0210. The third kappa shape index (κ3) is 2.10. The molecule has 0 saturated heterocycles. The average molecular weight is 249 g/mol. The Kier molecular flexibility index (Phi) is 3.28. The molecule has 17 heavy (non-hydrogen) atoms. The fourth-order valence-electron chi connectivity index (χ4n) is 1.72. The number of carbonyl (C=O) groups excluding carboxylic acids is 1. The van der Waals surface area contributed by atoms with Gasteiger partial charge in [0.1, 0.15) is 9.71 Å². The van der Waals surface area contributed by atoms with Crippen LogP contribution < -0.4 is 5.73 Å². The topological polar surface area (TPSA) is 59.2 Å². The molecule has 0 fully saturated rings. The van der Waals surface area contributed by atoms with E-state index in [0.29, 0.717) is 10.6 Å². The maximum atomic E-state index is 12.2. The zero-order chi connectivity index (χ0) is 12.4. The number of aromatic nitrogens is 1. The SMILES string of the molecule is CCCN(C)C(=O)c1sc2ncccc2c1N. The van der Waals surface area contributed by atoms with Gasteiger partial charge in [0.05, 0.1) is 5.69 Å². The summed E-state index contributed by atoms with van der Waals surface area (Å²) < 4.78 is 0. The lowest BCUT2D eigenvalue weighted by atomic mass is 10.2. The van der Waals surface area contributed by atoms with Gasteiger partial charge in [-0.2, -0.15) is 0 Å². The molecule has 4 nitrogen and oxygen atoms in total. The number of anilines is 1. The van der Waals surface area contributed by atoms with Crippen LogP contribution in [0.25, 0.3) is 10.2 Å². The highest BCUT2D eigenvalue weighted by molar-refractivity contribution is 7.21. The molecule has 2 aromatic rings. The van der Waals surface area contributed by atoms with Gasteiger partial charge in [-0.1, -0.05) is 6.92 Å². The van der Waals surface area contributed by atoms with Crippen LogP contribution in [-0.2, 0) is 0 Å². The summed E-state index contributed by atoms with van der Waals surface area (Å²) in [7, 11) is 1.79. The minimum absolute atomic E-state index is 0.0210. The molecule has 0 spiro atoms. The molecule has 2 aromatic heterocycles. The van der Waals surface area contributed by atoms with E-state index in [2.05, 4.69) is 4.98 Å². The van der Waals surface area contributed by atoms with Gasteiger partial charge in [-0.05, 0) is 18.6 Å². The van der Waals surface area contributed by atoms with Gasteiger partial charge in [0.15, 0.2) is 0 Å². The molecule has 2 heterocycles. The molecule has 0 saturated carbocycles. The fraction of sp³-hybridized carbons (Fsp3) is 0.333. The minimum Gasteiger partial charge on any atom is -0.397 e. The summed E-state index contributed by atoms with van der Waals surface area (Å²) in [6.45, 7) is 2.78. The summed E-state index contributed by atoms with van der Waals surface area (Å²) in [5, 5.41) is 0.866. The monoisotopic (exact) mass is 249 g/mol. The summed E-state index contributed by atoms with van der Waals surface area (Å²) in [4.78, 5) is 19.5. The van der Waals surface area contributed by atoms with Crippen LogP contribution in [0.5, 0.6) is 0 Å². The normalized spacial score (nSPS) is 10.7. The van der Waals surface area contributed by atoms with Crippen molar-refractivity contribution in [3.63, 3.8) is 0 Å².